The van der Waals surface area contributed by atoms with Gasteiger partial charge in [0, 0.05) is 48.3 Å². The normalized spacial score (nSPS) is 22.8. The summed E-state index contributed by atoms with van der Waals surface area (Å²) in [5.74, 6) is 1.49. The number of benzene rings is 3. The summed E-state index contributed by atoms with van der Waals surface area (Å²) in [6, 6.07) is 20.5. The highest BCUT2D eigenvalue weighted by Crippen LogP contribution is 2.41. The van der Waals surface area contributed by atoms with Crippen molar-refractivity contribution in [2.45, 2.75) is 51.1 Å². The Morgan fingerprint density at radius 2 is 1.62 bits per heavy atom. The number of amides is 3. The van der Waals surface area contributed by atoms with E-state index in [0.29, 0.717) is 47.8 Å². The van der Waals surface area contributed by atoms with Crippen molar-refractivity contribution < 1.29 is 14.4 Å². The molecule has 0 spiro atoms. The molecule has 262 valence electrons. The van der Waals surface area contributed by atoms with Gasteiger partial charge >= 0.3 is 0 Å². The SMILES string of the molecule is Cc1cc(C(=O)NC2C3CNCC32)ccc1-c1ccc(C[C@H](NC(=O)[C@H]2CC[C@H](CN)CC2)C(=O)Nc2ccc(-c3nn[nH]n3)cc2)cc1.Cl. The van der Waals surface area contributed by atoms with Crippen molar-refractivity contribution in [3.8, 4) is 22.5 Å². The minimum absolute atomic E-state index is 0. The Labute approximate surface area is 297 Å². The molecule has 3 aliphatic rings. The third kappa shape index (κ3) is 7.88. The second-order valence-corrected chi connectivity index (χ2v) is 13.7. The molecule has 2 heterocycles. The number of carbonyl (C=O) groups excluding carboxylic acids is 3. The number of nitrogens with zero attached hydrogens (tertiary/aromatic N) is 3. The van der Waals surface area contributed by atoms with E-state index >= 15 is 0 Å². The molecule has 3 atom stereocenters. The van der Waals surface area contributed by atoms with Crippen molar-refractivity contribution in [1.29, 1.82) is 0 Å². The van der Waals surface area contributed by atoms with Crippen molar-refractivity contribution >= 4 is 35.8 Å². The molecule has 7 rings (SSSR count). The Balaban J connectivity index is 0.00000432. The lowest BCUT2D eigenvalue weighted by atomic mass is 9.81. The summed E-state index contributed by atoms with van der Waals surface area (Å²) < 4.78 is 0. The van der Waals surface area contributed by atoms with E-state index in [1.54, 1.807) is 24.3 Å². The van der Waals surface area contributed by atoms with Crippen molar-refractivity contribution in [2.75, 3.05) is 25.0 Å². The van der Waals surface area contributed by atoms with Gasteiger partial charge in [-0.3, -0.25) is 14.4 Å². The molecule has 2 saturated carbocycles. The average molecular weight is 698 g/mol. The van der Waals surface area contributed by atoms with Crippen LogP contribution in [0.3, 0.4) is 0 Å². The topological polar surface area (TPSA) is 180 Å². The van der Waals surface area contributed by atoms with Crippen molar-refractivity contribution in [2.24, 2.45) is 29.4 Å². The minimum Gasteiger partial charge on any atom is -0.349 e. The third-order valence-corrected chi connectivity index (χ3v) is 10.5. The van der Waals surface area contributed by atoms with E-state index in [4.69, 9.17) is 5.73 Å². The zero-order valence-electron chi connectivity index (χ0n) is 28.0. The smallest absolute Gasteiger partial charge is 0.251 e. The molecule has 0 bridgehead atoms. The molecule has 0 radical (unpaired) electrons. The third-order valence-electron chi connectivity index (χ3n) is 10.5. The second-order valence-electron chi connectivity index (χ2n) is 13.7. The summed E-state index contributed by atoms with van der Waals surface area (Å²) in [6.07, 6.45) is 3.71. The number of hydrogen-bond donors (Lipinski definition) is 6. The molecular formula is C37H44ClN9O3. The van der Waals surface area contributed by atoms with E-state index in [-0.39, 0.29) is 42.1 Å². The molecule has 2 unspecified atom stereocenters. The van der Waals surface area contributed by atoms with Crippen LogP contribution in [-0.4, -0.2) is 70.1 Å². The zero-order valence-corrected chi connectivity index (χ0v) is 28.8. The van der Waals surface area contributed by atoms with E-state index in [1.807, 2.05) is 49.4 Å². The first-order chi connectivity index (χ1) is 23.9. The van der Waals surface area contributed by atoms with Crippen LogP contribution in [0.15, 0.2) is 66.7 Å². The first kappa shape index (κ1) is 35.2. The lowest BCUT2D eigenvalue weighted by Crippen LogP contribution is -2.48. The summed E-state index contributed by atoms with van der Waals surface area (Å²) in [6.45, 7) is 4.62. The van der Waals surface area contributed by atoms with Crippen LogP contribution in [-0.2, 0) is 16.0 Å². The Morgan fingerprint density at radius 3 is 2.26 bits per heavy atom. The van der Waals surface area contributed by atoms with Crippen LogP contribution in [0.5, 0.6) is 0 Å². The molecule has 7 N–H and O–H groups in total. The number of anilines is 1. The van der Waals surface area contributed by atoms with Crippen LogP contribution in [0.4, 0.5) is 5.69 Å². The Hall–Kier alpha value is -4.65. The highest BCUT2D eigenvalue weighted by molar-refractivity contribution is 5.98. The number of nitrogens with two attached hydrogens (primary N) is 1. The molecule has 1 saturated heterocycles. The molecule has 3 fully saturated rings. The van der Waals surface area contributed by atoms with Gasteiger partial charge in [-0.15, -0.1) is 22.6 Å². The fourth-order valence-electron chi connectivity index (χ4n) is 7.43. The summed E-state index contributed by atoms with van der Waals surface area (Å²) in [4.78, 5) is 40.0. The maximum absolute atomic E-state index is 13.7. The number of hydrogen-bond acceptors (Lipinski definition) is 8. The lowest BCUT2D eigenvalue weighted by molar-refractivity contribution is -0.130. The first-order valence-electron chi connectivity index (χ1n) is 17.2. The number of H-pyrrole nitrogens is 1. The van der Waals surface area contributed by atoms with Crippen LogP contribution in [0.2, 0.25) is 0 Å². The Kier molecular flexibility index (Phi) is 10.9. The van der Waals surface area contributed by atoms with Crippen molar-refractivity contribution in [3.63, 3.8) is 0 Å². The molecule has 1 aromatic heterocycles. The van der Waals surface area contributed by atoms with Gasteiger partial charge in [0.25, 0.3) is 5.91 Å². The quantitative estimate of drug-likeness (QED) is 0.137. The number of aryl methyl sites for hydroxylation is 1. The van der Waals surface area contributed by atoms with Crippen molar-refractivity contribution in [1.82, 2.24) is 36.6 Å². The molecular weight excluding hydrogens is 654 g/mol. The zero-order chi connectivity index (χ0) is 33.9. The fourth-order valence-corrected chi connectivity index (χ4v) is 7.43. The predicted molar refractivity (Wildman–Crippen MR) is 193 cm³/mol. The van der Waals surface area contributed by atoms with E-state index in [9.17, 15) is 14.4 Å². The number of halogens is 1. The maximum Gasteiger partial charge on any atom is 0.251 e. The van der Waals surface area contributed by atoms with Gasteiger partial charge < -0.3 is 27.0 Å². The fraction of sp³-hybridized carbons (Fsp3) is 0.405. The maximum atomic E-state index is 13.7. The number of rotatable bonds is 11. The van der Waals surface area contributed by atoms with Crippen LogP contribution in [0, 0.1) is 30.6 Å². The molecule has 2 aliphatic carbocycles. The van der Waals surface area contributed by atoms with Gasteiger partial charge in [0.2, 0.25) is 17.6 Å². The molecule has 1 aliphatic heterocycles. The average Bonchev–Trinajstić information content (AvgIpc) is 3.52. The van der Waals surface area contributed by atoms with Crippen LogP contribution >= 0.6 is 12.4 Å². The summed E-state index contributed by atoms with van der Waals surface area (Å²) in [5.41, 5.74) is 11.9. The van der Waals surface area contributed by atoms with Gasteiger partial charge in [0.15, 0.2) is 0 Å². The number of fused-ring (bicyclic) bond motifs is 1. The molecule has 3 aromatic carbocycles. The van der Waals surface area contributed by atoms with Gasteiger partial charge in [-0.05, 0) is 121 Å². The number of tetrazole rings is 1. The number of nitrogens with one attached hydrogen (secondary N) is 5. The number of piperidine rings is 1. The summed E-state index contributed by atoms with van der Waals surface area (Å²) in [5, 5.41) is 26.6. The highest BCUT2D eigenvalue weighted by atomic mass is 35.5. The number of aromatic nitrogens is 4. The first-order valence-corrected chi connectivity index (χ1v) is 17.2. The van der Waals surface area contributed by atoms with Crippen LogP contribution in [0.1, 0.15) is 47.2 Å². The molecule has 12 nitrogen and oxygen atoms in total. The van der Waals surface area contributed by atoms with Crippen LogP contribution < -0.4 is 27.0 Å². The Bertz CT molecular complexity index is 1780. The minimum atomic E-state index is -0.774. The van der Waals surface area contributed by atoms with Gasteiger partial charge in [-0.2, -0.15) is 5.21 Å². The largest absolute Gasteiger partial charge is 0.349 e. The van der Waals surface area contributed by atoms with E-state index in [2.05, 4.69) is 41.9 Å². The summed E-state index contributed by atoms with van der Waals surface area (Å²) in [7, 11) is 0. The molecule has 4 aromatic rings. The number of carbonyl (C=O) groups is 3. The molecule has 13 heteroatoms. The van der Waals surface area contributed by atoms with E-state index in [1.165, 1.54) is 0 Å². The van der Waals surface area contributed by atoms with Crippen molar-refractivity contribution in [3.05, 3.63) is 83.4 Å². The van der Waals surface area contributed by atoms with Crippen LogP contribution in [0.25, 0.3) is 22.5 Å². The Morgan fingerprint density at radius 1 is 0.920 bits per heavy atom. The van der Waals surface area contributed by atoms with Gasteiger partial charge in [0.1, 0.15) is 6.04 Å². The lowest BCUT2D eigenvalue weighted by Gasteiger charge is -2.28. The summed E-state index contributed by atoms with van der Waals surface area (Å²) >= 11 is 0. The van der Waals surface area contributed by atoms with Gasteiger partial charge in [0.05, 0.1) is 0 Å². The molecule has 50 heavy (non-hydrogen) atoms. The standard InChI is InChI=1S/C37H43N9O3.ClH/c1-21-16-27(36(48)42-33-30-19-39-20-31(30)33)12-15-29(21)24-6-2-22(3-7-24)17-32(41-35(47)26-8-4-23(18-38)5-9-26)37(49)40-28-13-10-25(11-14-28)34-43-45-46-44-34;/h2-3,6-7,10-16,23,26,30-33,39H,4-5,8-9,17-20,38H2,1H3,(H,40,49)(H,41,47)(H,42,48)(H,43,44,45,46);1H/t23-,26-,30?,31?,32-,33?;/m0./s1. The van der Waals surface area contributed by atoms with Gasteiger partial charge in [-0.1, -0.05) is 30.3 Å². The monoisotopic (exact) mass is 697 g/mol. The number of aromatic amines is 1. The molecule has 3 amide bonds. The van der Waals surface area contributed by atoms with E-state index < -0.39 is 6.04 Å². The predicted octanol–water partition coefficient (Wildman–Crippen LogP) is 3.64. The van der Waals surface area contributed by atoms with Gasteiger partial charge in [-0.25, -0.2) is 0 Å². The van der Waals surface area contributed by atoms with E-state index in [0.717, 1.165) is 66.6 Å². The highest BCUT2D eigenvalue weighted by Gasteiger charge is 2.53. The second kappa shape index (κ2) is 15.5.